The van der Waals surface area contributed by atoms with E-state index in [1.54, 1.807) is 0 Å². The molecule has 0 aliphatic heterocycles. The summed E-state index contributed by atoms with van der Waals surface area (Å²) >= 11 is 3.38. The van der Waals surface area contributed by atoms with E-state index in [0.717, 1.165) is 10.0 Å². The van der Waals surface area contributed by atoms with Crippen molar-refractivity contribution >= 4 is 27.8 Å². The van der Waals surface area contributed by atoms with Gasteiger partial charge in [-0.1, -0.05) is 28.1 Å². The van der Waals surface area contributed by atoms with Gasteiger partial charge in [-0.3, -0.25) is 9.59 Å². The topological polar surface area (TPSA) is 66.4 Å². The van der Waals surface area contributed by atoms with Crippen LogP contribution in [-0.2, 0) is 9.59 Å². The fourth-order valence-corrected chi connectivity index (χ4v) is 2.87. The lowest BCUT2D eigenvalue weighted by Gasteiger charge is -2.17. The number of hydrogen-bond donors (Lipinski definition) is 2. The van der Waals surface area contributed by atoms with Crippen molar-refractivity contribution in [1.82, 2.24) is 5.32 Å². The predicted octanol–water partition coefficient (Wildman–Crippen LogP) is 3.13. The summed E-state index contributed by atoms with van der Waals surface area (Å²) in [7, 11) is 0. The number of carboxylic acid groups (broad SMARTS) is 1. The summed E-state index contributed by atoms with van der Waals surface area (Å²) in [6, 6.07) is 7.73. The number of rotatable bonds is 4. The second-order valence-electron chi connectivity index (χ2n) is 5.33. The third-order valence-corrected chi connectivity index (χ3v) is 4.41. The number of amides is 1. The molecule has 108 valence electrons. The molecule has 0 heterocycles. The molecule has 0 radical (unpaired) electrons. The first-order chi connectivity index (χ1) is 9.47. The lowest BCUT2D eigenvalue weighted by atomic mass is 10.0. The molecule has 1 aromatic rings. The maximum absolute atomic E-state index is 12.2. The van der Waals surface area contributed by atoms with Gasteiger partial charge in [0.05, 0.1) is 12.0 Å². The van der Waals surface area contributed by atoms with Crippen molar-refractivity contribution in [2.75, 3.05) is 0 Å². The highest BCUT2D eigenvalue weighted by Crippen LogP contribution is 2.31. The number of carboxylic acids is 1. The Bertz CT molecular complexity index is 500. The molecule has 0 saturated heterocycles. The summed E-state index contributed by atoms with van der Waals surface area (Å²) in [5, 5.41) is 11.9. The lowest BCUT2D eigenvalue weighted by molar-refractivity contribution is -0.141. The quantitative estimate of drug-likeness (QED) is 0.885. The van der Waals surface area contributed by atoms with E-state index in [4.69, 9.17) is 5.11 Å². The first kappa shape index (κ1) is 15.0. The van der Waals surface area contributed by atoms with Crippen LogP contribution in [0.4, 0.5) is 0 Å². The van der Waals surface area contributed by atoms with E-state index in [0.29, 0.717) is 19.3 Å². The van der Waals surface area contributed by atoms with E-state index < -0.39 is 5.97 Å². The summed E-state index contributed by atoms with van der Waals surface area (Å²) in [6.07, 6.45) is 1.71. The summed E-state index contributed by atoms with van der Waals surface area (Å²) in [4.78, 5) is 23.1. The smallest absolute Gasteiger partial charge is 0.306 e. The van der Waals surface area contributed by atoms with Crippen molar-refractivity contribution in [1.29, 1.82) is 0 Å². The Balaban J connectivity index is 1.91. The molecule has 1 aromatic carbocycles. The van der Waals surface area contributed by atoms with Gasteiger partial charge in [0.2, 0.25) is 5.91 Å². The molecule has 1 aliphatic carbocycles. The van der Waals surface area contributed by atoms with E-state index >= 15 is 0 Å². The fraction of sp³-hybridized carbons (Fsp3) is 0.467. The number of carbonyl (C=O) groups excluding carboxylic acids is 1. The van der Waals surface area contributed by atoms with Gasteiger partial charge in [-0.05, 0) is 43.9 Å². The molecule has 1 fully saturated rings. The molecule has 2 rings (SSSR count). The Morgan fingerprint density at radius 1 is 1.25 bits per heavy atom. The maximum atomic E-state index is 12.2. The molecule has 1 amide bonds. The van der Waals surface area contributed by atoms with Crippen LogP contribution in [0.25, 0.3) is 0 Å². The zero-order valence-corrected chi connectivity index (χ0v) is 12.9. The van der Waals surface area contributed by atoms with Gasteiger partial charge in [-0.25, -0.2) is 0 Å². The minimum absolute atomic E-state index is 0.0378. The number of nitrogens with one attached hydrogen (secondary N) is 1. The van der Waals surface area contributed by atoms with Gasteiger partial charge in [0.15, 0.2) is 0 Å². The molecule has 5 heteroatoms. The molecule has 0 spiro atoms. The lowest BCUT2D eigenvalue weighted by Crippen LogP contribution is -2.32. The van der Waals surface area contributed by atoms with Gasteiger partial charge in [0.1, 0.15) is 0 Å². The normalized spacial score (nSPS) is 23.3. The Labute approximate surface area is 126 Å². The van der Waals surface area contributed by atoms with Crippen LogP contribution in [-0.4, -0.2) is 17.0 Å². The molecule has 0 aromatic heterocycles. The number of aliphatic carboxylic acids is 1. The van der Waals surface area contributed by atoms with E-state index in [1.165, 1.54) is 0 Å². The third kappa shape index (κ3) is 3.60. The van der Waals surface area contributed by atoms with E-state index in [9.17, 15) is 9.59 Å². The molecular weight excluding hydrogens is 322 g/mol. The number of carbonyl (C=O) groups is 2. The summed E-state index contributed by atoms with van der Waals surface area (Å²) < 4.78 is 1.000. The highest BCUT2D eigenvalue weighted by molar-refractivity contribution is 9.10. The Hall–Kier alpha value is -1.36. The number of halogens is 1. The Kier molecular flexibility index (Phi) is 4.81. The Morgan fingerprint density at radius 2 is 1.85 bits per heavy atom. The number of benzene rings is 1. The maximum Gasteiger partial charge on any atom is 0.306 e. The van der Waals surface area contributed by atoms with Gasteiger partial charge >= 0.3 is 5.97 Å². The minimum atomic E-state index is -0.791. The van der Waals surface area contributed by atoms with Crippen LogP contribution in [0.3, 0.4) is 0 Å². The Morgan fingerprint density at radius 3 is 2.40 bits per heavy atom. The molecular formula is C15H18BrNO3. The van der Waals surface area contributed by atoms with E-state index in [2.05, 4.69) is 21.2 Å². The van der Waals surface area contributed by atoms with Crippen LogP contribution in [0.1, 0.15) is 37.8 Å². The zero-order chi connectivity index (χ0) is 14.7. The van der Waals surface area contributed by atoms with E-state index in [-0.39, 0.29) is 23.8 Å². The first-order valence-corrected chi connectivity index (χ1v) is 7.55. The fourth-order valence-electron chi connectivity index (χ4n) is 2.61. The second kappa shape index (κ2) is 6.39. The summed E-state index contributed by atoms with van der Waals surface area (Å²) in [5.41, 5.74) is 1.04. The molecule has 20 heavy (non-hydrogen) atoms. The summed E-state index contributed by atoms with van der Waals surface area (Å²) in [5.74, 6) is -1.37. The van der Waals surface area contributed by atoms with Crippen molar-refractivity contribution in [2.24, 2.45) is 11.8 Å². The monoisotopic (exact) mass is 339 g/mol. The highest BCUT2D eigenvalue weighted by Gasteiger charge is 2.34. The third-order valence-electron chi connectivity index (χ3n) is 3.88. The molecule has 3 unspecified atom stereocenters. The van der Waals surface area contributed by atoms with Crippen LogP contribution in [0.5, 0.6) is 0 Å². The number of hydrogen-bond acceptors (Lipinski definition) is 2. The van der Waals surface area contributed by atoms with Gasteiger partial charge in [0.25, 0.3) is 0 Å². The highest BCUT2D eigenvalue weighted by atomic mass is 79.9. The van der Waals surface area contributed by atoms with Gasteiger partial charge in [-0.15, -0.1) is 0 Å². The van der Waals surface area contributed by atoms with Crippen molar-refractivity contribution in [2.45, 2.75) is 32.2 Å². The van der Waals surface area contributed by atoms with E-state index in [1.807, 2.05) is 31.2 Å². The SMILES string of the molecule is CC(NC(=O)C1CCC(C(=O)O)C1)c1ccc(Br)cc1. The van der Waals surface area contributed by atoms with Crippen molar-refractivity contribution in [3.05, 3.63) is 34.3 Å². The van der Waals surface area contributed by atoms with Crippen LogP contribution < -0.4 is 5.32 Å². The van der Waals surface area contributed by atoms with Crippen LogP contribution in [0, 0.1) is 11.8 Å². The molecule has 4 nitrogen and oxygen atoms in total. The predicted molar refractivity (Wildman–Crippen MR) is 79.2 cm³/mol. The van der Waals surface area contributed by atoms with Crippen molar-refractivity contribution in [3.63, 3.8) is 0 Å². The molecule has 1 aliphatic rings. The van der Waals surface area contributed by atoms with Crippen molar-refractivity contribution < 1.29 is 14.7 Å². The van der Waals surface area contributed by atoms with Crippen LogP contribution in [0.15, 0.2) is 28.7 Å². The second-order valence-corrected chi connectivity index (χ2v) is 6.24. The van der Waals surface area contributed by atoms with Gasteiger partial charge < -0.3 is 10.4 Å². The molecule has 1 saturated carbocycles. The largest absolute Gasteiger partial charge is 0.481 e. The molecule has 3 atom stereocenters. The standard InChI is InChI=1S/C15H18BrNO3/c1-9(10-4-6-13(16)7-5-10)17-14(18)11-2-3-12(8-11)15(19)20/h4-7,9,11-12H,2-3,8H2,1H3,(H,17,18)(H,19,20). The molecule has 2 N–H and O–H groups in total. The van der Waals surface area contributed by atoms with Crippen molar-refractivity contribution in [3.8, 4) is 0 Å². The van der Waals surface area contributed by atoms with Crippen LogP contribution >= 0.6 is 15.9 Å². The zero-order valence-electron chi connectivity index (χ0n) is 11.3. The molecule has 0 bridgehead atoms. The van der Waals surface area contributed by atoms with Gasteiger partial charge in [0, 0.05) is 10.4 Å². The average molecular weight is 340 g/mol. The summed E-state index contributed by atoms with van der Waals surface area (Å²) in [6.45, 7) is 1.94. The minimum Gasteiger partial charge on any atom is -0.481 e. The first-order valence-electron chi connectivity index (χ1n) is 6.76. The van der Waals surface area contributed by atoms with Gasteiger partial charge in [-0.2, -0.15) is 0 Å². The average Bonchev–Trinajstić information content (AvgIpc) is 2.89. The van der Waals surface area contributed by atoms with Crippen LogP contribution in [0.2, 0.25) is 0 Å².